The van der Waals surface area contributed by atoms with Crippen molar-refractivity contribution in [2.75, 3.05) is 0 Å². The maximum atomic E-state index is 12.2. The lowest BCUT2D eigenvalue weighted by Crippen LogP contribution is -2.34. The standard InChI is InChI=1S/C18H15N5O.C2H4O2/c1-2-23-18(24)15(11-20-23)21-14-10-16(13-6-4-3-5-7-13)22-9-8-19-12-17(14)22;1-2(3)4/h3-12H,2H2,1H3;1H3,(H,3,4). The van der Waals surface area contributed by atoms with Crippen LogP contribution in [0.2, 0.25) is 0 Å². The molecule has 1 aromatic carbocycles. The van der Waals surface area contributed by atoms with Crippen molar-refractivity contribution in [2.24, 2.45) is 4.99 Å². The van der Waals surface area contributed by atoms with Crippen molar-refractivity contribution in [3.63, 3.8) is 0 Å². The maximum Gasteiger partial charge on any atom is 0.292 e. The van der Waals surface area contributed by atoms with Gasteiger partial charge in [0.25, 0.3) is 11.3 Å². The minimum atomic E-state index is -1.08. The van der Waals surface area contributed by atoms with E-state index in [1.807, 2.05) is 54.1 Å². The zero-order valence-corrected chi connectivity index (χ0v) is 15.5. The Morgan fingerprint density at radius 2 is 2.04 bits per heavy atom. The minimum absolute atomic E-state index is 0.123. The van der Waals surface area contributed by atoms with Crippen molar-refractivity contribution >= 4 is 23.1 Å². The highest BCUT2D eigenvalue weighted by Crippen LogP contribution is 2.19. The van der Waals surface area contributed by atoms with Gasteiger partial charge < -0.3 is 15.0 Å². The smallest absolute Gasteiger partial charge is 0.292 e. The molecule has 1 aliphatic rings. The number of aromatic amines is 1. The zero-order valence-electron chi connectivity index (χ0n) is 15.5. The number of hydrogen-bond acceptors (Lipinski definition) is 5. The van der Waals surface area contributed by atoms with Gasteiger partial charge in [-0.1, -0.05) is 18.2 Å². The van der Waals surface area contributed by atoms with Crippen LogP contribution < -0.4 is 15.2 Å². The predicted octanol–water partition coefficient (Wildman–Crippen LogP) is 0.659. The highest BCUT2D eigenvalue weighted by atomic mass is 16.4. The molecule has 0 aliphatic carbocycles. The molecular formula is C20H19N5O3. The molecule has 0 bridgehead atoms. The van der Waals surface area contributed by atoms with Crippen LogP contribution in [0.25, 0.3) is 5.70 Å². The predicted molar refractivity (Wildman–Crippen MR) is 102 cm³/mol. The number of aromatic nitrogens is 4. The summed E-state index contributed by atoms with van der Waals surface area (Å²) in [5.41, 5.74) is 3.95. The van der Waals surface area contributed by atoms with Gasteiger partial charge in [-0.3, -0.25) is 14.5 Å². The Morgan fingerprint density at radius 1 is 1.32 bits per heavy atom. The summed E-state index contributed by atoms with van der Waals surface area (Å²) in [5, 5.41) is 11.8. The highest BCUT2D eigenvalue weighted by Gasteiger charge is 2.30. The van der Waals surface area contributed by atoms with Crippen molar-refractivity contribution in [1.82, 2.24) is 14.8 Å². The van der Waals surface area contributed by atoms with Crippen LogP contribution in [0.5, 0.6) is 0 Å². The number of carboxylic acid groups (broad SMARTS) is 1. The van der Waals surface area contributed by atoms with E-state index >= 15 is 0 Å². The normalized spacial score (nSPS) is 13.5. The number of benzene rings is 1. The average molecular weight is 377 g/mol. The van der Waals surface area contributed by atoms with Crippen molar-refractivity contribution in [3.8, 4) is 0 Å². The van der Waals surface area contributed by atoms with Gasteiger partial charge >= 0.3 is 0 Å². The number of allylic oxidation sites excluding steroid dienone is 1. The first-order valence-corrected chi connectivity index (χ1v) is 8.69. The molecule has 8 heteroatoms. The second-order valence-corrected chi connectivity index (χ2v) is 5.92. The number of aryl methyl sites for hydroxylation is 1. The van der Waals surface area contributed by atoms with Crippen LogP contribution in [-0.4, -0.2) is 26.4 Å². The Morgan fingerprint density at radius 3 is 2.68 bits per heavy atom. The first-order chi connectivity index (χ1) is 13.5. The Labute approximate surface area is 161 Å². The molecule has 2 aromatic heterocycles. The SMILES string of the molecule is CC(=O)[O-].CCn1[nH]cc(N=C2C=C(c3ccccc3)[n+]3ccncc32)c1=O. The van der Waals surface area contributed by atoms with Crippen molar-refractivity contribution < 1.29 is 14.5 Å². The molecule has 8 nitrogen and oxygen atoms in total. The monoisotopic (exact) mass is 377 g/mol. The minimum Gasteiger partial charge on any atom is -0.550 e. The van der Waals surface area contributed by atoms with Crippen LogP contribution in [0, 0.1) is 0 Å². The van der Waals surface area contributed by atoms with E-state index in [-0.39, 0.29) is 5.56 Å². The summed E-state index contributed by atoms with van der Waals surface area (Å²) in [4.78, 5) is 29.9. The summed E-state index contributed by atoms with van der Waals surface area (Å²) in [6.45, 7) is 3.47. The molecule has 0 radical (unpaired) electrons. The molecule has 1 N–H and O–H groups in total. The summed E-state index contributed by atoms with van der Waals surface area (Å²) in [6, 6.07) is 10.1. The fourth-order valence-corrected chi connectivity index (χ4v) is 2.80. The molecule has 0 unspecified atom stereocenters. The van der Waals surface area contributed by atoms with Gasteiger partial charge in [0, 0.05) is 30.4 Å². The molecule has 4 rings (SSSR count). The molecule has 0 spiro atoms. The Balaban J connectivity index is 0.000000516. The molecule has 3 aromatic rings. The van der Waals surface area contributed by atoms with E-state index in [9.17, 15) is 4.79 Å². The quantitative estimate of drug-likeness (QED) is 0.677. The lowest BCUT2D eigenvalue weighted by atomic mass is 10.1. The molecule has 0 atom stereocenters. The number of nitrogens with zero attached hydrogens (tertiary/aromatic N) is 4. The van der Waals surface area contributed by atoms with Crippen LogP contribution in [0.3, 0.4) is 0 Å². The third kappa shape index (κ3) is 3.96. The Kier molecular flexibility index (Phi) is 5.59. The van der Waals surface area contributed by atoms with Gasteiger partial charge in [0.2, 0.25) is 5.70 Å². The van der Waals surface area contributed by atoms with E-state index in [0.29, 0.717) is 12.2 Å². The number of carbonyl (C=O) groups is 1. The topological polar surface area (TPSA) is 107 Å². The largest absolute Gasteiger partial charge is 0.550 e. The molecule has 1 aliphatic heterocycles. The third-order valence-electron chi connectivity index (χ3n) is 4.00. The molecule has 0 amide bonds. The molecule has 0 fully saturated rings. The van der Waals surface area contributed by atoms with Crippen LogP contribution >= 0.6 is 0 Å². The van der Waals surface area contributed by atoms with Gasteiger partial charge in [-0.2, -0.15) is 4.57 Å². The van der Waals surface area contributed by atoms with E-state index in [2.05, 4.69) is 15.1 Å². The highest BCUT2D eigenvalue weighted by molar-refractivity contribution is 6.12. The average Bonchev–Trinajstić information content (AvgIpc) is 3.23. The fraction of sp³-hybridized carbons (Fsp3) is 0.150. The van der Waals surface area contributed by atoms with Crippen LogP contribution in [0.4, 0.5) is 5.69 Å². The molecule has 3 heterocycles. The number of aliphatic carboxylic acids is 1. The summed E-state index contributed by atoms with van der Waals surface area (Å²) in [7, 11) is 0. The summed E-state index contributed by atoms with van der Waals surface area (Å²) < 4.78 is 3.56. The number of aliphatic imine (C=N–C) groups is 1. The van der Waals surface area contributed by atoms with Crippen LogP contribution in [-0.2, 0) is 11.3 Å². The number of carbonyl (C=O) groups excluding carboxylic acids is 1. The summed E-state index contributed by atoms with van der Waals surface area (Å²) in [6.07, 6.45) is 9.01. The first kappa shape index (κ1) is 19.0. The van der Waals surface area contributed by atoms with Crippen molar-refractivity contribution in [1.29, 1.82) is 0 Å². The van der Waals surface area contributed by atoms with E-state index < -0.39 is 5.97 Å². The number of carboxylic acids is 1. The zero-order chi connectivity index (χ0) is 20.1. The van der Waals surface area contributed by atoms with Gasteiger partial charge in [0.05, 0.1) is 6.20 Å². The van der Waals surface area contributed by atoms with Gasteiger partial charge in [-0.25, -0.2) is 4.99 Å². The summed E-state index contributed by atoms with van der Waals surface area (Å²) >= 11 is 0. The first-order valence-electron chi connectivity index (χ1n) is 8.69. The third-order valence-corrected chi connectivity index (χ3v) is 4.00. The number of nitrogens with one attached hydrogen (secondary N) is 1. The Bertz CT molecular complexity index is 1110. The number of hydrogen-bond donors (Lipinski definition) is 1. The van der Waals surface area contributed by atoms with Gasteiger partial charge in [0.1, 0.15) is 17.6 Å². The summed E-state index contributed by atoms with van der Waals surface area (Å²) in [5.74, 6) is -1.08. The molecule has 28 heavy (non-hydrogen) atoms. The Hall–Kier alpha value is -3.81. The van der Waals surface area contributed by atoms with E-state index in [1.54, 1.807) is 18.6 Å². The molecule has 0 saturated heterocycles. The number of fused-ring (bicyclic) bond motifs is 1. The maximum absolute atomic E-state index is 12.2. The lowest BCUT2D eigenvalue weighted by Gasteiger charge is -1.98. The number of rotatable bonds is 3. The second-order valence-electron chi connectivity index (χ2n) is 5.92. The van der Waals surface area contributed by atoms with Crippen LogP contribution in [0.1, 0.15) is 25.1 Å². The van der Waals surface area contributed by atoms with E-state index in [1.165, 1.54) is 4.68 Å². The number of H-pyrrole nitrogens is 1. The molecule has 0 saturated carbocycles. The van der Waals surface area contributed by atoms with Gasteiger partial charge in [0.15, 0.2) is 6.20 Å². The second kappa shape index (κ2) is 8.26. The van der Waals surface area contributed by atoms with Crippen molar-refractivity contribution in [3.05, 3.63) is 82.8 Å². The van der Waals surface area contributed by atoms with E-state index in [4.69, 9.17) is 9.90 Å². The van der Waals surface area contributed by atoms with Gasteiger partial charge in [-0.15, -0.1) is 0 Å². The lowest BCUT2D eigenvalue weighted by molar-refractivity contribution is -0.578. The molecule has 142 valence electrons. The van der Waals surface area contributed by atoms with E-state index in [0.717, 1.165) is 29.6 Å². The van der Waals surface area contributed by atoms with Gasteiger partial charge in [-0.05, 0) is 26.0 Å². The fourth-order valence-electron chi connectivity index (χ4n) is 2.80. The van der Waals surface area contributed by atoms with Crippen molar-refractivity contribution in [2.45, 2.75) is 20.4 Å². The molecular weight excluding hydrogens is 358 g/mol. The van der Waals surface area contributed by atoms with Crippen LogP contribution in [0.15, 0.2) is 71.0 Å².